The number of aromatic nitrogens is 2. The standard InChI is InChI=1S/C17H14F3N3O3/c1-10(26-13-6-4-3-5-12(13)17(18,19)20)14(24)11(9-21)15(25)16-22-7-8-23(16)2/h3-8,10-11H,1-2H3. The van der Waals surface area contributed by atoms with E-state index in [0.717, 1.165) is 12.1 Å². The van der Waals surface area contributed by atoms with Crippen LogP contribution in [-0.4, -0.2) is 27.2 Å². The summed E-state index contributed by atoms with van der Waals surface area (Å²) in [6, 6.07) is 5.96. The molecule has 0 radical (unpaired) electrons. The molecule has 0 aliphatic rings. The average molecular weight is 365 g/mol. The van der Waals surface area contributed by atoms with Crippen LogP contribution in [0.25, 0.3) is 0 Å². The summed E-state index contributed by atoms with van der Waals surface area (Å²) < 4.78 is 45.5. The summed E-state index contributed by atoms with van der Waals surface area (Å²) >= 11 is 0. The molecule has 0 saturated heterocycles. The van der Waals surface area contributed by atoms with Crippen LogP contribution in [-0.2, 0) is 18.0 Å². The minimum absolute atomic E-state index is 0.104. The molecule has 9 heteroatoms. The molecule has 26 heavy (non-hydrogen) atoms. The smallest absolute Gasteiger partial charge is 0.419 e. The van der Waals surface area contributed by atoms with Crippen molar-refractivity contribution in [2.45, 2.75) is 19.2 Å². The van der Waals surface area contributed by atoms with Crippen LogP contribution in [0, 0.1) is 17.2 Å². The molecule has 0 amide bonds. The summed E-state index contributed by atoms with van der Waals surface area (Å²) in [5, 5.41) is 9.19. The Bertz CT molecular complexity index is 868. The van der Waals surface area contributed by atoms with Crippen molar-refractivity contribution in [1.29, 1.82) is 5.26 Å². The molecule has 0 saturated carbocycles. The lowest BCUT2D eigenvalue weighted by atomic mass is 9.96. The molecule has 1 aromatic heterocycles. The number of para-hydroxylation sites is 1. The van der Waals surface area contributed by atoms with Crippen LogP contribution >= 0.6 is 0 Å². The molecule has 2 atom stereocenters. The Hall–Kier alpha value is -3.15. The van der Waals surface area contributed by atoms with E-state index in [9.17, 15) is 28.0 Å². The summed E-state index contributed by atoms with van der Waals surface area (Å²) in [5.41, 5.74) is -1.05. The van der Waals surface area contributed by atoms with E-state index < -0.39 is 41.1 Å². The Morgan fingerprint density at radius 2 is 1.96 bits per heavy atom. The van der Waals surface area contributed by atoms with Gasteiger partial charge in [-0.05, 0) is 19.1 Å². The quantitative estimate of drug-likeness (QED) is 0.580. The van der Waals surface area contributed by atoms with Gasteiger partial charge >= 0.3 is 6.18 Å². The number of alkyl halides is 3. The van der Waals surface area contributed by atoms with Gasteiger partial charge in [-0.1, -0.05) is 12.1 Å². The SMILES string of the molecule is CC(Oc1ccccc1C(F)(F)F)C(=O)C(C#N)C(=O)c1nccn1C. The fraction of sp³-hybridized carbons (Fsp3) is 0.294. The number of halogens is 3. The van der Waals surface area contributed by atoms with E-state index in [2.05, 4.69) is 4.98 Å². The number of carbonyl (C=O) groups excluding carboxylic acids is 2. The molecule has 2 unspecified atom stereocenters. The van der Waals surface area contributed by atoms with Gasteiger partial charge in [0, 0.05) is 19.4 Å². The normalized spacial score (nSPS) is 13.5. The molecule has 0 fully saturated rings. The van der Waals surface area contributed by atoms with Gasteiger partial charge in [0.1, 0.15) is 5.75 Å². The molecule has 2 rings (SSSR count). The Kier molecular flexibility index (Phi) is 5.45. The van der Waals surface area contributed by atoms with Gasteiger partial charge in [-0.2, -0.15) is 18.4 Å². The maximum Gasteiger partial charge on any atom is 0.419 e. The van der Waals surface area contributed by atoms with Gasteiger partial charge in [-0.15, -0.1) is 0 Å². The van der Waals surface area contributed by atoms with Gasteiger partial charge in [0.15, 0.2) is 23.6 Å². The predicted octanol–water partition coefficient (Wildman–Crippen LogP) is 2.80. The molecular formula is C17H14F3N3O3. The number of nitriles is 1. The molecule has 2 aromatic rings. The van der Waals surface area contributed by atoms with Crippen LogP contribution in [0.1, 0.15) is 23.1 Å². The molecule has 1 heterocycles. The highest BCUT2D eigenvalue weighted by Crippen LogP contribution is 2.36. The molecule has 0 aliphatic heterocycles. The first-order valence-corrected chi connectivity index (χ1v) is 7.44. The molecular weight excluding hydrogens is 351 g/mol. The fourth-order valence-electron chi connectivity index (χ4n) is 2.27. The second kappa shape index (κ2) is 7.39. The predicted molar refractivity (Wildman–Crippen MR) is 83.2 cm³/mol. The number of hydrogen-bond donors (Lipinski definition) is 0. The van der Waals surface area contributed by atoms with Crippen LogP contribution in [0.3, 0.4) is 0 Å². The molecule has 0 spiro atoms. The Morgan fingerprint density at radius 3 is 2.50 bits per heavy atom. The van der Waals surface area contributed by atoms with Gasteiger partial charge < -0.3 is 9.30 Å². The van der Waals surface area contributed by atoms with Crippen molar-refractivity contribution in [2.24, 2.45) is 13.0 Å². The van der Waals surface area contributed by atoms with Crippen LogP contribution < -0.4 is 4.74 Å². The number of rotatable bonds is 6. The van der Waals surface area contributed by atoms with Gasteiger partial charge in [0.2, 0.25) is 5.78 Å². The van der Waals surface area contributed by atoms with E-state index in [1.54, 1.807) is 6.07 Å². The number of ketones is 2. The van der Waals surface area contributed by atoms with Crippen molar-refractivity contribution in [1.82, 2.24) is 9.55 Å². The van der Waals surface area contributed by atoms with Gasteiger partial charge in [0.05, 0.1) is 11.6 Å². The number of ether oxygens (including phenoxy) is 1. The van der Waals surface area contributed by atoms with Crippen molar-refractivity contribution in [3.8, 4) is 11.8 Å². The van der Waals surface area contributed by atoms with Crippen LogP contribution in [0.15, 0.2) is 36.7 Å². The first-order chi connectivity index (χ1) is 12.2. The van der Waals surface area contributed by atoms with Gasteiger partial charge in [0.25, 0.3) is 0 Å². The summed E-state index contributed by atoms with van der Waals surface area (Å²) in [6.07, 6.45) is -3.32. The number of hydrogen-bond acceptors (Lipinski definition) is 5. The summed E-state index contributed by atoms with van der Waals surface area (Å²) in [4.78, 5) is 28.5. The van der Waals surface area contributed by atoms with Crippen molar-refractivity contribution in [3.05, 3.63) is 48.0 Å². The number of carbonyl (C=O) groups is 2. The summed E-state index contributed by atoms with van der Waals surface area (Å²) in [6.45, 7) is 1.19. The lowest BCUT2D eigenvalue weighted by Crippen LogP contribution is -2.35. The van der Waals surface area contributed by atoms with Crippen molar-refractivity contribution >= 4 is 11.6 Å². The van der Waals surface area contributed by atoms with E-state index in [4.69, 9.17) is 4.74 Å². The van der Waals surface area contributed by atoms with Crippen LogP contribution in [0.4, 0.5) is 13.2 Å². The highest BCUT2D eigenvalue weighted by atomic mass is 19.4. The minimum atomic E-state index is -4.67. The van der Waals surface area contributed by atoms with Gasteiger partial charge in [-0.3, -0.25) is 9.59 Å². The Balaban J connectivity index is 2.23. The maximum absolute atomic E-state index is 13.0. The average Bonchev–Trinajstić information content (AvgIpc) is 3.00. The van der Waals surface area contributed by atoms with E-state index >= 15 is 0 Å². The molecule has 0 aliphatic carbocycles. The summed E-state index contributed by atoms with van der Waals surface area (Å²) in [5.74, 6) is -4.18. The van der Waals surface area contributed by atoms with E-state index in [0.29, 0.717) is 0 Å². The number of nitrogens with zero attached hydrogens (tertiary/aromatic N) is 3. The highest BCUT2D eigenvalue weighted by Gasteiger charge is 2.37. The van der Waals surface area contributed by atoms with Crippen molar-refractivity contribution < 1.29 is 27.5 Å². The number of Topliss-reactive ketones (excluding diaryl/α,β-unsaturated/α-hetero) is 2. The number of imidazole rings is 1. The highest BCUT2D eigenvalue weighted by molar-refractivity contribution is 6.12. The van der Waals surface area contributed by atoms with E-state index in [-0.39, 0.29) is 5.82 Å². The van der Waals surface area contributed by atoms with Crippen molar-refractivity contribution in [3.63, 3.8) is 0 Å². The largest absolute Gasteiger partial charge is 0.482 e. The maximum atomic E-state index is 13.0. The molecule has 136 valence electrons. The second-order valence-electron chi connectivity index (χ2n) is 5.44. The summed E-state index contributed by atoms with van der Waals surface area (Å²) in [7, 11) is 1.51. The third-order valence-electron chi connectivity index (χ3n) is 3.61. The zero-order valence-electron chi connectivity index (χ0n) is 13.8. The second-order valence-corrected chi connectivity index (χ2v) is 5.44. The number of benzene rings is 1. The van der Waals surface area contributed by atoms with Gasteiger partial charge in [-0.25, -0.2) is 4.98 Å². The Labute approximate surface area is 146 Å². The lowest BCUT2D eigenvalue weighted by Gasteiger charge is -2.19. The topological polar surface area (TPSA) is 85.0 Å². The zero-order valence-corrected chi connectivity index (χ0v) is 13.8. The monoisotopic (exact) mass is 365 g/mol. The van der Waals surface area contributed by atoms with E-state index in [1.165, 1.54) is 43.1 Å². The third-order valence-corrected chi connectivity index (χ3v) is 3.61. The van der Waals surface area contributed by atoms with Crippen molar-refractivity contribution in [2.75, 3.05) is 0 Å². The lowest BCUT2D eigenvalue weighted by molar-refractivity contribution is -0.140. The number of aryl methyl sites for hydroxylation is 1. The molecule has 0 N–H and O–H groups in total. The first kappa shape index (κ1) is 19.2. The first-order valence-electron chi connectivity index (χ1n) is 7.44. The van der Waals surface area contributed by atoms with E-state index in [1.807, 2.05) is 0 Å². The van der Waals surface area contributed by atoms with Crippen LogP contribution in [0.5, 0.6) is 5.75 Å². The van der Waals surface area contributed by atoms with Crippen LogP contribution in [0.2, 0.25) is 0 Å². The molecule has 1 aromatic carbocycles. The fourth-order valence-corrected chi connectivity index (χ4v) is 2.27. The minimum Gasteiger partial charge on any atom is -0.482 e. The third kappa shape index (κ3) is 3.91. The zero-order chi connectivity index (χ0) is 19.5. The molecule has 6 nitrogen and oxygen atoms in total. The Morgan fingerprint density at radius 1 is 1.31 bits per heavy atom. The molecule has 0 bridgehead atoms.